The van der Waals surface area contributed by atoms with Gasteiger partial charge in [-0.05, 0) is 18.2 Å². The van der Waals surface area contributed by atoms with Crippen LogP contribution in [0.25, 0.3) is 10.9 Å². The van der Waals surface area contributed by atoms with Gasteiger partial charge in [-0.25, -0.2) is 4.39 Å². The van der Waals surface area contributed by atoms with Gasteiger partial charge in [-0.1, -0.05) is 0 Å². The molecule has 0 aliphatic rings. The molecule has 2 rings (SSSR count). The number of aryl methyl sites for hydroxylation is 1. The number of aliphatic hydroxyl groups excluding tert-OH is 1. The van der Waals surface area contributed by atoms with Gasteiger partial charge < -0.3 is 9.67 Å². The van der Waals surface area contributed by atoms with Gasteiger partial charge in [-0.3, -0.25) is 0 Å². The van der Waals surface area contributed by atoms with Crippen molar-refractivity contribution in [1.29, 1.82) is 0 Å². The molecule has 0 radical (unpaired) electrons. The highest BCUT2D eigenvalue weighted by Crippen LogP contribution is 2.33. The number of nitrogens with zero attached hydrogens (tertiary/aromatic N) is 1. The van der Waals surface area contributed by atoms with Crippen molar-refractivity contribution >= 4 is 10.9 Å². The number of aliphatic hydroxyl groups is 1. The molecule has 1 aromatic carbocycles. The van der Waals surface area contributed by atoms with E-state index in [0.29, 0.717) is 11.8 Å². The molecule has 0 saturated heterocycles. The number of benzene rings is 1. The van der Waals surface area contributed by atoms with Gasteiger partial charge >= 0.3 is 6.18 Å². The molecule has 1 aromatic heterocycles. The third kappa shape index (κ3) is 1.88. The van der Waals surface area contributed by atoms with Crippen molar-refractivity contribution in [3.05, 3.63) is 35.3 Å². The van der Waals surface area contributed by atoms with E-state index in [2.05, 4.69) is 0 Å². The molecule has 0 unspecified atom stereocenters. The maximum Gasteiger partial charge on any atom is 0.416 e. The Kier molecular flexibility index (Phi) is 2.61. The summed E-state index contributed by atoms with van der Waals surface area (Å²) in [6.45, 7) is -0.355. The van der Waals surface area contributed by atoms with Gasteiger partial charge in [0.1, 0.15) is 5.82 Å². The Balaban J connectivity index is 2.76. The summed E-state index contributed by atoms with van der Waals surface area (Å²) in [7, 11) is 1.48. The Bertz CT molecular complexity index is 571. The summed E-state index contributed by atoms with van der Waals surface area (Å²) in [4.78, 5) is 0. The van der Waals surface area contributed by atoms with Crippen LogP contribution >= 0.6 is 0 Å². The number of hydrogen-bond donors (Lipinski definition) is 1. The Labute approximate surface area is 94.1 Å². The standard InChI is InChI=1S/C11H9F4NO/c1-16-7(5-17)4-8-9(12)2-6(3-10(8)16)11(13,14)15/h2-4,17H,5H2,1H3. The lowest BCUT2D eigenvalue weighted by atomic mass is 10.1. The fourth-order valence-corrected chi connectivity index (χ4v) is 1.76. The van der Waals surface area contributed by atoms with Crippen LogP contribution in [-0.2, 0) is 19.8 Å². The minimum Gasteiger partial charge on any atom is -0.390 e. The molecular weight excluding hydrogens is 238 g/mol. The molecule has 2 nitrogen and oxygen atoms in total. The second-order valence-electron chi connectivity index (χ2n) is 3.74. The fourth-order valence-electron chi connectivity index (χ4n) is 1.76. The van der Waals surface area contributed by atoms with Crippen molar-refractivity contribution in [2.75, 3.05) is 0 Å². The maximum absolute atomic E-state index is 13.5. The second kappa shape index (κ2) is 3.73. The maximum atomic E-state index is 13.5. The predicted octanol–water partition coefficient (Wildman–Crippen LogP) is 2.83. The number of hydrogen-bond acceptors (Lipinski definition) is 1. The molecule has 0 spiro atoms. The Morgan fingerprint density at radius 3 is 2.41 bits per heavy atom. The zero-order valence-electron chi connectivity index (χ0n) is 8.85. The van der Waals surface area contributed by atoms with Crippen molar-refractivity contribution in [3.63, 3.8) is 0 Å². The molecular formula is C11H9F4NO. The molecule has 0 saturated carbocycles. The first-order chi connectivity index (χ1) is 7.84. The lowest BCUT2D eigenvalue weighted by molar-refractivity contribution is -0.137. The molecule has 0 aliphatic heterocycles. The SMILES string of the molecule is Cn1c(CO)cc2c(F)cc(C(F)(F)F)cc21. The quantitative estimate of drug-likeness (QED) is 0.770. The molecule has 0 amide bonds. The summed E-state index contributed by atoms with van der Waals surface area (Å²) < 4.78 is 52.3. The first kappa shape index (κ1) is 11.9. The van der Waals surface area contributed by atoms with E-state index in [9.17, 15) is 17.6 Å². The van der Waals surface area contributed by atoms with E-state index < -0.39 is 17.6 Å². The summed E-state index contributed by atoms with van der Waals surface area (Å²) in [5.74, 6) is -0.940. The molecule has 92 valence electrons. The van der Waals surface area contributed by atoms with Gasteiger partial charge in [0.2, 0.25) is 0 Å². The molecule has 17 heavy (non-hydrogen) atoms. The Morgan fingerprint density at radius 1 is 1.24 bits per heavy atom. The van der Waals surface area contributed by atoms with Crippen LogP contribution in [0, 0.1) is 5.82 Å². The summed E-state index contributed by atoms with van der Waals surface area (Å²) in [6, 6.07) is 2.67. The molecule has 0 atom stereocenters. The molecule has 1 N–H and O–H groups in total. The van der Waals surface area contributed by atoms with Crippen LogP contribution in [0.4, 0.5) is 17.6 Å². The van der Waals surface area contributed by atoms with E-state index in [1.807, 2.05) is 0 Å². The normalized spacial score (nSPS) is 12.4. The topological polar surface area (TPSA) is 25.2 Å². The molecule has 2 aromatic rings. The highest BCUT2D eigenvalue weighted by atomic mass is 19.4. The molecule has 0 aliphatic carbocycles. The van der Waals surface area contributed by atoms with E-state index in [0.717, 1.165) is 6.07 Å². The van der Waals surface area contributed by atoms with Crippen LogP contribution in [0.3, 0.4) is 0 Å². The van der Waals surface area contributed by atoms with Crippen LogP contribution in [0.5, 0.6) is 0 Å². The minimum atomic E-state index is -4.58. The third-order valence-electron chi connectivity index (χ3n) is 2.70. The smallest absolute Gasteiger partial charge is 0.390 e. The van der Waals surface area contributed by atoms with Gasteiger partial charge in [0.15, 0.2) is 0 Å². The second-order valence-corrected chi connectivity index (χ2v) is 3.74. The zero-order valence-corrected chi connectivity index (χ0v) is 8.85. The number of halogens is 4. The monoisotopic (exact) mass is 247 g/mol. The fraction of sp³-hybridized carbons (Fsp3) is 0.273. The van der Waals surface area contributed by atoms with Crippen molar-refractivity contribution in [1.82, 2.24) is 4.57 Å². The predicted molar refractivity (Wildman–Crippen MR) is 53.8 cm³/mol. The largest absolute Gasteiger partial charge is 0.416 e. The summed E-state index contributed by atoms with van der Waals surface area (Å²) >= 11 is 0. The van der Waals surface area contributed by atoms with Crippen LogP contribution in [-0.4, -0.2) is 9.67 Å². The number of aromatic nitrogens is 1. The van der Waals surface area contributed by atoms with Gasteiger partial charge in [0.25, 0.3) is 0 Å². The lowest BCUT2D eigenvalue weighted by Crippen LogP contribution is -2.06. The Morgan fingerprint density at radius 2 is 1.88 bits per heavy atom. The van der Waals surface area contributed by atoms with E-state index in [4.69, 9.17) is 5.11 Å². The van der Waals surface area contributed by atoms with Crippen LogP contribution in [0.15, 0.2) is 18.2 Å². The van der Waals surface area contributed by atoms with Crippen LogP contribution in [0.2, 0.25) is 0 Å². The number of alkyl halides is 3. The van der Waals surface area contributed by atoms with Crippen molar-refractivity contribution in [3.8, 4) is 0 Å². The molecule has 0 bridgehead atoms. The van der Waals surface area contributed by atoms with Gasteiger partial charge in [0.05, 0.1) is 17.7 Å². The van der Waals surface area contributed by atoms with Gasteiger partial charge in [-0.2, -0.15) is 13.2 Å². The summed E-state index contributed by atoms with van der Waals surface area (Å²) in [5.41, 5.74) is -0.562. The van der Waals surface area contributed by atoms with E-state index >= 15 is 0 Å². The average Bonchev–Trinajstić information content (AvgIpc) is 2.55. The van der Waals surface area contributed by atoms with Crippen molar-refractivity contribution in [2.24, 2.45) is 7.05 Å². The highest BCUT2D eigenvalue weighted by Gasteiger charge is 2.32. The Hall–Kier alpha value is -1.56. The highest BCUT2D eigenvalue weighted by molar-refractivity contribution is 5.82. The third-order valence-corrected chi connectivity index (χ3v) is 2.70. The summed E-state index contributed by atoms with van der Waals surface area (Å²) in [5, 5.41) is 9.05. The average molecular weight is 247 g/mol. The van der Waals surface area contributed by atoms with Crippen molar-refractivity contribution in [2.45, 2.75) is 12.8 Å². The van der Waals surface area contributed by atoms with Gasteiger partial charge in [-0.15, -0.1) is 0 Å². The first-order valence-corrected chi connectivity index (χ1v) is 4.80. The molecule has 6 heteroatoms. The van der Waals surface area contributed by atoms with Crippen molar-refractivity contribution < 1.29 is 22.7 Å². The van der Waals surface area contributed by atoms with Gasteiger partial charge in [0, 0.05) is 18.1 Å². The zero-order chi connectivity index (χ0) is 12.8. The number of rotatable bonds is 1. The lowest BCUT2D eigenvalue weighted by Gasteiger charge is -2.08. The van der Waals surface area contributed by atoms with E-state index in [1.165, 1.54) is 17.7 Å². The number of fused-ring (bicyclic) bond motifs is 1. The summed E-state index contributed by atoms with van der Waals surface area (Å²) in [6.07, 6.45) is -4.58. The van der Waals surface area contributed by atoms with Crippen LogP contribution < -0.4 is 0 Å². The molecule has 0 fully saturated rings. The minimum absolute atomic E-state index is 0.0737. The van der Waals surface area contributed by atoms with E-state index in [-0.39, 0.29) is 17.5 Å². The molecule has 1 heterocycles. The van der Waals surface area contributed by atoms with Crippen LogP contribution in [0.1, 0.15) is 11.3 Å². The van der Waals surface area contributed by atoms with E-state index in [1.54, 1.807) is 0 Å². The first-order valence-electron chi connectivity index (χ1n) is 4.80.